The first kappa shape index (κ1) is 18.6. The normalized spacial score (nSPS) is 11.3. The van der Waals surface area contributed by atoms with Crippen LogP contribution in [0, 0.1) is 6.92 Å². The van der Waals surface area contributed by atoms with E-state index in [1.165, 1.54) is 27.1 Å². The number of nitrogens with one attached hydrogen (secondary N) is 1. The number of rotatable bonds is 3. The van der Waals surface area contributed by atoms with E-state index < -0.39 is 0 Å². The van der Waals surface area contributed by atoms with Crippen LogP contribution in [-0.4, -0.2) is 4.98 Å². The minimum atomic E-state index is 0.969. The van der Waals surface area contributed by atoms with E-state index >= 15 is 0 Å². The Morgan fingerprint density at radius 1 is 0.594 bits per heavy atom. The van der Waals surface area contributed by atoms with Crippen LogP contribution in [0.5, 0.6) is 0 Å². The van der Waals surface area contributed by atoms with Crippen molar-refractivity contribution in [1.82, 2.24) is 4.98 Å². The second kappa shape index (κ2) is 7.51. The van der Waals surface area contributed by atoms with Crippen molar-refractivity contribution < 1.29 is 0 Å². The van der Waals surface area contributed by atoms with Gasteiger partial charge in [0.15, 0.2) is 0 Å². The molecule has 1 N–H and O–H groups in total. The monoisotopic (exact) mass is 410 g/mol. The number of hydrogen-bond acceptors (Lipinski definition) is 2. The molecule has 0 saturated heterocycles. The second-order valence-electron chi connectivity index (χ2n) is 8.23. The lowest BCUT2D eigenvalue weighted by atomic mass is 9.95. The first-order valence-electron chi connectivity index (χ1n) is 10.9. The van der Waals surface area contributed by atoms with Gasteiger partial charge in [-0.15, -0.1) is 0 Å². The minimum Gasteiger partial charge on any atom is -0.355 e. The van der Waals surface area contributed by atoms with E-state index in [1.807, 2.05) is 6.07 Å². The summed E-state index contributed by atoms with van der Waals surface area (Å²) in [5.41, 5.74) is 6.48. The van der Waals surface area contributed by atoms with Crippen LogP contribution in [0.25, 0.3) is 43.7 Å². The van der Waals surface area contributed by atoms with Crippen molar-refractivity contribution in [3.63, 3.8) is 0 Å². The number of para-hydroxylation sites is 1. The smallest absolute Gasteiger partial charge is 0.0815 e. The van der Waals surface area contributed by atoms with Crippen LogP contribution in [0.2, 0.25) is 0 Å². The number of fused-ring (bicyclic) bond motifs is 6. The number of aromatic nitrogens is 1. The SMILES string of the molecule is Cc1ccc(-c2cc(Nc3ccccc3)c3c4ccccc4c4ccccc4c3n2)cc1. The lowest BCUT2D eigenvalue weighted by molar-refractivity contribution is 1.39. The van der Waals surface area contributed by atoms with E-state index in [0.29, 0.717) is 0 Å². The molecule has 0 fully saturated rings. The second-order valence-corrected chi connectivity index (χ2v) is 8.23. The highest BCUT2D eigenvalue weighted by Crippen LogP contribution is 2.40. The van der Waals surface area contributed by atoms with Gasteiger partial charge in [-0.3, -0.25) is 0 Å². The molecule has 2 nitrogen and oxygen atoms in total. The average Bonchev–Trinajstić information content (AvgIpc) is 2.85. The highest BCUT2D eigenvalue weighted by atomic mass is 14.9. The van der Waals surface area contributed by atoms with Crippen molar-refractivity contribution in [2.24, 2.45) is 0 Å². The van der Waals surface area contributed by atoms with Crippen molar-refractivity contribution in [3.8, 4) is 11.3 Å². The van der Waals surface area contributed by atoms with E-state index in [0.717, 1.165) is 33.5 Å². The van der Waals surface area contributed by atoms with Gasteiger partial charge in [-0.2, -0.15) is 0 Å². The predicted octanol–water partition coefficient (Wildman–Crippen LogP) is 8.26. The van der Waals surface area contributed by atoms with E-state index in [1.54, 1.807) is 0 Å². The van der Waals surface area contributed by atoms with E-state index in [2.05, 4.69) is 115 Å². The summed E-state index contributed by atoms with van der Waals surface area (Å²) in [6.45, 7) is 2.11. The number of hydrogen-bond donors (Lipinski definition) is 1. The molecular formula is C30H22N2. The molecule has 0 aliphatic heterocycles. The zero-order valence-electron chi connectivity index (χ0n) is 17.8. The molecule has 0 bridgehead atoms. The molecule has 0 aliphatic rings. The lowest BCUT2D eigenvalue weighted by Crippen LogP contribution is -1.97. The number of benzene rings is 5. The van der Waals surface area contributed by atoms with Crippen molar-refractivity contribution in [2.75, 3.05) is 5.32 Å². The lowest BCUT2D eigenvalue weighted by Gasteiger charge is -2.17. The standard InChI is InChI=1S/C30H22N2/c1-20-15-17-21(18-16-20)27-19-28(31-22-9-3-2-4-10-22)29-25-13-7-5-11-23(25)24-12-6-8-14-26(24)30(29)32-27/h2-19H,1H3,(H,31,32). The maximum Gasteiger partial charge on any atom is 0.0815 e. The van der Waals surface area contributed by atoms with Gasteiger partial charge in [0.1, 0.15) is 0 Å². The Hall–Kier alpha value is -4.17. The summed E-state index contributed by atoms with van der Waals surface area (Å²) in [5.74, 6) is 0. The van der Waals surface area contributed by atoms with Crippen molar-refractivity contribution >= 4 is 43.8 Å². The van der Waals surface area contributed by atoms with Gasteiger partial charge in [0.05, 0.1) is 16.9 Å². The van der Waals surface area contributed by atoms with Gasteiger partial charge in [0, 0.05) is 22.0 Å². The third kappa shape index (κ3) is 3.09. The van der Waals surface area contributed by atoms with Crippen molar-refractivity contribution in [2.45, 2.75) is 6.92 Å². The molecule has 6 rings (SSSR count). The first-order valence-corrected chi connectivity index (χ1v) is 10.9. The van der Waals surface area contributed by atoms with Gasteiger partial charge in [-0.1, -0.05) is 96.6 Å². The predicted molar refractivity (Wildman–Crippen MR) is 137 cm³/mol. The van der Waals surface area contributed by atoms with Gasteiger partial charge in [-0.25, -0.2) is 4.98 Å². The molecule has 0 unspecified atom stereocenters. The summed E-state index contributed by atoms with van der Waals surface area (Å²) < 4.78 is 0. The molecule has 32 heavy (non-hydrogen) atoms. The summed E-state index contributed by atoms with van der Waals surface area (Å²) >= 11 is 0. The Morgan fingerprint density at radius 2 is 1.19 bits per heavy atom. The van der Waals surface area contributed by atoms with Crippen LogP contribution in [0.15, 0.2) is 109 Å². The van der Waals surface area contributed by atoms with Gasteiger partial charge in [-0.05, 0) is 41.3 Å². The minimum absolute atomic E-state index is 0.969. The van der Waals surface area contributed by atoms with Crippen molar-refractivity contribution in [1.29, 1.82) is 0 Å². The fourth-order valence-electron chi connectivity index (χ4n) is 4.52. The average molecular weight is 411 g/mol. The van der Waals surface area contributed by atoms with Gasteiger partial charge in [0.25, 0.3) is 0 Å². The van der Waals surface area contributed by atoms with Crippen LogP contribution in [0.3, 0.4) is 0 Å². The molecule has 1 heterocycles. The van der Waals surface area contributed by atoms with Crippen LogP contribution in [0.4, 0.5) is 11.4 Å². The molecule has 0 spiro atoms. The summed E-state index contributed by atoms with van der Waals surface area (Å²) in [7, 11) is 0. The molecule has 5 aromatic carbocycles. The summed E-state index contributed by atoms with van der Waals surface area (Å²) in [6, 6.07) is 38.3. The Kier molecular flexibility index (Phi) is 4.36. The molecule has 0 amide bonds. The highest BCUT2D eigenvalue weighted by molar-refractivity contribution is 6.27. The molecule has 0 radical (unpaired) electrons. The maximum absolute atomic E-state index is 5.22. The Morgan fingerprint density at radius 3 is 1.91 bits per heavy atom. The molecule has 1 aromatic heterocycles. The Balaban J connectivity index is 1.75. The zero-order chi connectivity index (χ0) is 21.5. The Bertz CT molecular complexity index is 1580. The number of aryl methyl sites for hydroxylation is 1. The molecule has 0 saturated carbocycles. The van der Waals surface area contributed by atoms with Gasteiger partial charge < -0.3 is 5.32 Å². The summed E-state index contributed by atoms with van der Waals surface area (Å²) in [5, 5.41) is 9.70. The molecule has 152 valence electrons. The van der Waals surface area contributed by atoms with Crippen LogP contribution in [0.1, 0.15) is 5.56 Å². The molecule has 0 atom stereocenters. The number of pyridine rings is 1. The van der Waals surface area contributed by atoms with E-state index in [9.17, 15) is 0 Å². The first-order chi connectivity index (χ1) is 15.8. The maximum atomic E-state index is 5.22. The highest BCUT2D eigenvalue weighted by Gasteiger charge is 2.15. The number of nitrogens with zero attached hydrogens (tertiary/aromatic N) is 1. The van der Waals surface area contributed by atoms with E-state index in [4.69, 9.17) is 4.98 Å². The third-order valence-corrected chi connectivity index (χ3v) is 6.09. The molecular weight excluding hydrogens is 388 g/mol. The zero-order valence-corrected chi connectivity index (χ0v) is 17.8. The summed E-state index contributed by atoms with van der Waals surface area (Å²) in [4.78, 5) is 5.22. The van der Waals surface area contributed by atoms with Crippen LogP contribution in [-0.2, 0) is 0 Å². The Labute approximate surface area is 187 Å². The topological polar surface area (TPSA) is 24.9 Å². The van der Waals surface area contributed by atoms with Crippen LogP contribution >= 0.6 is 0 Å². The fraction of sp³-hybridized carbons (Fsp3) is 0.0333. The number of anilines is 2. The largest absolute Gasteiger partial charge is 0.355 e. The van der Waals surface area contributed by atoms with Crippen LogP contribution < -0.4 is 5.32 Å². The molecule has 0 aliphatic carbocycles. The molecule has 2 heteroatoms. The van der Waals surface area contributed by atoms with Crippen molar-refractivity contribution in [3.05, 3.63) is 115 Å². The molecule has 6 aromatic rings. The van der Waals surface area contributed by atoms with E-state index in [-0.39, 0.29) is 0 Å². The third-order valence-electron chi connectivity index (χ3n) is 6.09. The summed E-state index contributed by atoms with van der Waals surface area (Å²) in [6.07, 6.45) is 0. The van der Waals surface area contributed by atoms with Gasteiger partial charge in [0.2, 0.25) is 0 Å². The van der Waals surface area contributed by atoms with Gasteiger partial charge >= 0.3 is 0 Å². The fourth-order valence-corrected chi connectivity index (χ4v) is 4.52. The quantitative estimate of drug-likeness (QED) is 0.297.